The van der Waals surface area contributed by atoms with E-state index in [9.17, 15) is 4.79 Å². The fourth-order valence-electron chi connectivity index (χ4n) is 3.76. The molecule has 0 fully saturated rings. The van der Waals surface area contributed by atoms with E-state index in [1.807, 2.05) is 41.1 Å². The van der Waals surface area contributed by atoms with E-state index in [2.05, 4.69) is 35.9 Å². The van der Waals surface area contributed by atoms with Crippen molar-refractivity contribution in [2.24, 2.45) is 0 Å². The van der Waals surface area contributed by atoms with Crippen molar-refractivity contribution in [3.63, 3.8) is 0 Å². The lowest BCUT2D eigenvalue weighted by Gasteiger charge is -2.05. The van der Waals surface area contributed by atoms with Crippen LogP contribution in [0.4, 0.5) is 0 Å². The Kier molecular flexibility index (Phi) is 4.94. The highest BCUT2D eigenvalue weighted by atomic mass is 16.1. The lowest BCUT2D eigenvalue weighted by molar-refractivity contribution is -0.673. The fraction of sp³-hybridized carbons (Fsp3) is 0.261. The topological polar surface area (TPSA) is 54.1 Å². The summed E-state index contributed by atoms with van der Waals surface area (Å²) in [5.74, 6) is 0. The fourth-order valence-corrected chi connectivity index (χ4v) is 3.76. The third-order valence-corrected chi connectivity index (χ3v) is 5.16. The minimum Gasteiger partial charge on any atom is -0.347 e. The highest BCUT2D eigenvalue weighted by Gasteiger charge is 2.20. The van der Waals surface area contributed by atoms with Crippen molar-refractivity contribution in [1.29, 1.82) is 5.26 Å². The van der Waals surface area contributed by atoms with Gasteiger partial charge in [-0.05, 0) is 18.6 Å². The maximum Gasteiger partial charge on any atom is 0.350 e. The van der Waals surface area contributed by atoms with Crippen LogP contribution in [0, 0.1) is 11.3 Å². The molecule has 0 unspecified atom stereocenters. The Hall–Kier alpha value is -3.39. The van der Waals surface area contributed by atoms with E-state index in [1.54, 1.807) is 10.6 Å². The van der Waals surface area contributed by atoms with E-state index in [1.165, 1.54) is 0 Å². The van der Waals surface area contributed by atoms with Crippen LogP contribution < -0.4 is 10.1 Å². The van der Waals surface area contributed by atoms with Gasteiger partial charge in [-0.25, -0.2) is 9.36 Å². The molecule has 5 heteroatoms. The molecule has 1 aromatic carbocycles. The minimum atomic E-state index is -0.0396. The molecule has 0 atom stereocenters. The van der Waals surface area contributed by atoms with E-state index < -0.39 is 0 Å². The van der Waals surface area contributed by atoms with Crippen molar-refractivity contribution < 1.29 is 4.57 Å². The zero-order valence-electron chi connectivity index (χ0n) is 16.0. The quantitative estimate of drug-likeness (QED) is 0.482. The van der Waals surface area contributed by atoms with Crippen molar-refractivity contribution in [3.05, 3.63) is 71.4 Å². The normalized spacial score (nSPS) is 11.1. The van der Waals surface area contributed by atoms with Crippen LogP contribution in [-0.4, -0.2) is 8.97 Å². The van der Waals surface area contributed by atoms with Crippen molar-refractivity contribution in [2.75, 3.05) is 0 Å². The molecule has 0 saturated carbocycles. The Bertz CT molecular complexity index is 1240. The van der Waals surface area contributed by atoms with E-state index in [0.29, 0.717) is 18.5 Å². The molecule has 0 aliphatic heterocycles. The van der Waals surface area contributed by atoms with Crippen LogP contribution in [0.1, 0.15) is 26.2 Å². The Balaban J connectivity index is 1.98. The third-order valence-electron chi connectivity index (χ3n) is 5.16. The molecule has 0 aliphatic rings. The van der Waals surface area contributed by atoms with Gasteiger partial charge < -0.3 is 4.57 Å². The van der Waals surface area contributed by atoms with Gasteiger partial charge in [-0.3, -0.25) is 0 Å². The van der Waals surface area contributed by atoms with E-state index in [0.717, 1.165) is 41.5 Å². The minimum absolute atomic E-state index is 0.0396. The van der Waals surface area contributed by atoms with Crippen molar-refractivity contribution in [2.45, 2.75) is 39.3 Å². The molecule has 28 heavy (non-hydrogen) atoms. The van der Waals surface area contributed by atoms with Gasteiger partial charge in [-0.1, -0.05) is 37.6 Å². The molecule has 0 radical (unpaired) electrons. The van der Waals surface area contributed by atoms with Gasteiger partial charge in [0.05, 0.1) is 18.7 Å². The third kappa shape index (κ3) is 3.07. The van der Waals surface area contributed by atoms with Gasteiger partial charge in [0.25, 0.3) is 5.65 Å². The molecule has 4 aromatic rings. The van der Waals surface area contributed by atoms with Gasteiger partial charge in [0.1, 0.15) is 18.3 Å². The number of hydrogen-bond donors (Lipinski definition) is 0. The summed E-state index contributed by atoms with van der Waals surface area (Å²) >= 11 is 0. The Morgan fingerprint density at radius 1 is 1.11 bits per heavy atom. The van der Waals surface area contributed by atoms with Crippen LogP contribution >= 0.6 is 0 Å². The smallest absolute Gasteiger partial charge is 0.347 e. The van der Waals surface area contributed by atoms with Crippen molar-refractivity contribution in [3.8, 4) is 17.2 Å². The van der Waals surface area contributed by atoms with Gasteiger partial charge >= 0.3 is 5.56 Å². The molecule has 0 bridgehead atoms. The number of aryl methyl sites for hydroxylation is 2. The summed E-state index contributed by atoms with van der Waals surface area (Å²) in [7, 11) is 0. The number of nitrogens with zero attached hydrogens (tertiary/aromatic N) is 4. The van der Waals surface area contributed by atoms with E-state index >= 15 is 0 Å². The summed E-state index contributed by atoms with van der Waals surface area (Å²) < 4.78 is 5.91. The van der Waals surface area contributed by atoms with E-state index in [-0.39, 0.29) is 5.56 Å². The summed E-state index contributed by atoms with van der Waals surface area (Å²) in [4.78, 5) is 13.3. The summed E-state index contributed by atoms with van der Waals surface area (Å²) in [5.41, 5.74) is 3.50. The lowest BCUT2D eigenvalue weighted by Crippen LogP contribution is -2.40. The highest BCUT2D eigenvalue weighted by molar-refractivity contribution is 5.95. The summed E-state index contributed by atoms with van der Waals surface area (Å²) in [6.45, 7) is 3.66. The predicted octanol–water partition coefficient (Wildman–Crippen LogP) is 3.92. The van der Waals surface area contributed by atoms with Gasteiger partial charge in [-0.2, -0.15) is 9.66 Å². The Morgan fingerprint density at radius 2 is 1.93 bits per heavy atom. The van der Waals surface area contributed by atoms with Gasteiger partial charge in [0.2, 0.25) is 0 Å². The molecule has 140 valence electrons. The standard InChI is InChI=1S/C23H23N4O/c1-2-3-13-25-16-19(18-9-4-5-10-21(18)25)20-17-26(14-8-12-24)22-11-6-7-15-27(22)23(20)28/h4-7,9-11,15-17H,2-3,8,13-14H2,1H3/q+1. The van der Waals surface area contributed by atoms with Crippen LogP contribution in [0.25, 0.3) is 27.7 Å². The van der Waals surface area contributed by atoms with Crippen LogP contribution in [0.2, 0.25) is 0 Å². The first-order chi connectivity index (χ1) is 13.7. The van der Waals surface area contributed by atoms with Crippen LogP contribution in [0.5, 0.6) is 0 Å². The van der Waals surface area contributed by atoms with Gasteiger partial charge in [-0.15, -0.1) is 0 Å². The number of aromatic nitrogens is 3. The molecular formula is C23H23N4O+. The van der Waals surface area contributed by atoms with Crippen molar-refractivity contribution in [1.82, 2.24) is 8.97 Å². The first kappa shape index (κ1) is 18.0. The number of fused-ring (bicyclic) bond motifs is 2. The molecule has 4 rings (SSSR count). The van der Waals surface area contributed by atoms with Crippen LogP contribution in [0.3, 0.4) is 0 Å². The lowest BCUT2D eigenvalue weighted by atomic mass is 10.1. The van der Waals surface area contributed by atoms with Gasteiger partial charge in [0.15, 0.2) is 0 Å². The van der Waals surface area contributed by atoms with Gasteiger partial charge in [0, 0.05) is 35.3 Å². The molecule has 0 saturated heterocycles. The highest BCUT2D eigenvalue weighted by Crippen LogP contribution is 2.28. The second-order valence-corrected chi connectivity index (χ2v) is 6.99. The molecular weight excluding hydrogens is 348 g/mol. The molecule has 0 aliphatic carbocycles. The Labute approximate surface area is 163 Å². The number of nitriles is 1. The SMILES string of the molecule is CCCCn1cc(-c2c[n+](CCC#N)c3ccccn3c2=O)c2ccccc21. The predicted molar refractivity (Wildman–Crippen MR) is 110 cm³/mol. The maximum atomic E-state index is 13.3. The van der Waals surface area contributed by atoms with E-state index in [4.69, 9.17) is 5.26 Å². The zero-order chi connectivity index (χ0) is 19.5. The molecule has 3 heterocycles. The van der Waals surface area contributed by atoms with Crippen LogP contribution in [-0.2, 0) is 13.1 Å². The zero-order valence-corrected chi connectivity index (χ0v) is 16.0. The monoisotopic (exact) mass is 371 g/mol. The number of hydrogen-bond acceptors (Lipinski definition) is 2. The second-order valence-electron chi connectivity index (χ2n) is 6.99. The molecule has 0 N–H and O–H groups in total. The number of benzene rings is 1. The summed E-state index contributed by atoms with van der Waals surface area (Å²) in [5, 5.41) is 10.1. The Morgan fingerprint density at radius 3 is 2.75 bits per heavy atom. The first-order valence-corrected chi connectivity index (χ1v) is 9.73. The second kappa shape index (κ2) is 7.69. The molecule has 5 nitrogen and oxygen atoms in total. The molecule has 0 amide bonds. The largest absolute Gasteiger partial charge is 0.350 e. The number of pyridine rings is 1. The average Bonchev–Trinajstić information content (AvgIpc) is 3.10. The van der Waals surface area contributed by atoms with Crippen LogP contribution in [0.15, 0.2) is 65.8 Å². The molecule has 3 aromatic heterocycles. The average molecular weight is 371 g/mol. The number of para-hydroxylation sites is 1. The van der Waals surface area contributed by atoms with Crippen molar-refractivity contribution >= 4 is 16.6 Å². The maximum absolute atomic E-state index is 13.3. The summed E-state index contributed by atoms with van der Waals surface area (Å²) in [6.07, 6.45) is 8.40. The molecule has 0 spiro atoms. The summed E-state index contributed by atoms with van der Waals surface area (Å²) in [6, 6.07) is 16.1. The number of unbranched alkanes of at least 4 members (excludes halogenated alkanes) is 1. The number of rotatable bonds is 6. The first-order valence-electron chi connectivity index (χ1n) is 9.73.